The molecule has 0 unspecified atom stereocenters. The number of ether oxygens (including phenoxy) is 2. The highest BCUT2D eigenvalue weighted by Crippen LogP contribution is 2.41. The van der Waals surface area contributed by atoms with E-state index < -0.39 is 82.9 Å². The van der Waals surface area contributed by atoms with Crippen molar-refractivity contribution < 1.29 is 38.7 Å². The number of pyridine rings is 2. The molecular weight excluding hydrogens is 662 g/mol. The highest BCUT2D eigenvalue weighted by Gasteiger charge is 2.37. The molecule has 1 aliphatic rings. The molecule has 0 bridgehead atoms. The van der Waals surface area contributed by atoms with Crippen molar-refractivity contribution in [2.75, 3.05) is 31.1 Å². The summed E-state index contributed by atoms with van der Waals surface area (Å²) in [6.45, 7) is 5.65. The second-order valence-corrected chi connectivity index (χ2v) is 13.4. The first-order valence-electron chi connectivity index (χ1n) is 17.4. The number of carbonyl (C=O) groups excluding carboxylic acids is 1. The van der Waals surface area contributed by atoms with Crippen LogP contribution < -0.4 is 15.3 Å². The van der Waals surface area contributed by atoms with Crippen LogP contribution in [0.5, 0.6) is 11.5 Å². The van der Waals surface area contributed by atoms with Gasteiger partial charge in [-0.2, -0.15) is 4.98 Å². The molecule has 49 heavy (non-hydrogen) atoms. The monoisotopic (exact) mass is 704 g/mol. The fourth-order valence-corrected chi connectivity index (χ4v) is 5.97. The molecule has 4 heterocycles. The van der Waals surface area contributed by atoms with E-state index in [-0.39, 0.29) is 46.3 Å². The van der Waals surface area contributed by atoms with E-state index in [0.717, 1.165) is 16.7 Å². The number of phenols is 1. The average molecular weight is 705 g/mol. The lowest BCUT2D eigenvalue weighted by atomic mass is 10.1. The van der Waals surface area contributed by atoms with Gasteiger partial charge in [-0.3, -0.25) is 4.98 Å². The number of halogens is 3. The van der Waals surface area contributed by atoms with Crippen LogP contribution in [0.1, 0.15) is 65.6 Å². The van der Waals surface area contributed by atoms with Crippen LogP contribution in [0.2, 0.25) is 5.02 Å². The maximum Gasteiger partial charge on any atom is 0.410 e. The summed E-state index contributed by atoms with van der Waals surface area (Å²) in [6, 6.07) is 2.99. The number of carbonyl (C=O) groups is 1. The lowest BCUT2D eigenvalue weighted by Gasteiger charge is -2.44. The molecule has 1 fully saturated rings. The second kappa shape index (κ2) is 13.7. The third-order valence-electron chi connectivity index (χ3n) is 7.89. The van der Waals surface area contributed by atoms with Crippen molar-refractivity contribution in [3.63, 3.8) is 0 Å². The van der Waals surface area contributed by atoms with Crippen molar-refractivity contribution in [1.29, 1.82) is 0 Å². The van der Waals surface area contributed by atoms with Gasteiger partial charge >= 0.3 is 11.8 Å². The fraction of sp³-hybridized carbons (Fsp3) is 0.441. The summed E-state index contributed by atoms with van der Waals surface area (Å²) in [4.78, 5) is 44.1. The molecule has 12 nitrogen and oxygen atoms in total. The van der Waals surface area contributed by atoms with Gasteiger partial charge in [0.05, 0.1) is 39.4 Å². The van der Waals surface area contributed by atoms with Crippen LogP contribution in [0.4, 0.5) is 19.4 Å². The van der Waals surface area contributed by atoms with E-state index in [2.05, 4.69) is 15.0 Å². The molecule has 3 aromatic heterocycles. The minimum absolute atomic E-state index is 0.0498. The van der Waals surface area contributed by atoms with Crippen LogP contribution in [0.15, 0.2) is 35.3 Å². The third-order valence-corrected chi connectivity index (χ3v) is 8.18. The van der Waals surface area contributed by atoms with E-state index in [1.807, 2.05) is 0 Å². The summed E-state index contributed by atoms with van der Waals surface area (Å²) in [6.07, 6.45) is 0.698. The Morgan fingerprint density at radius 2 is 1.84 bits per heavy atom. The highest BCUT2D eigenvalue weighted by molar-refractivity contribution is 6.34. The smallest absolute Gasteiger partial charge is 0.410 e. The van der Waals surface area contributed by atoms with Crippen molar-refractivity contribution in [1.82, 2.24) is 24.4 Å². The van der Waals surface area contributed by atoms with Crippen molar-refractivity contribution in [2.45, 2.75) is 72.1 Å². The number of hydrogen-bond acceptors (Lipinski definition) is 10. The molecule has 1 amide bonds. The Morgan fingerprint density at radius 3 is 2.49 bits per heavy atom. The summed E-state index contributed by atoms with van der Waals surface area (Å²) in [7, 11) is 0. The number of fused-ring (bicyclic) bond motifs is 1. The molecule has 0 radical (unpaired) electrons. The van der Waals surface area contributed by atoms with Crippen LogP contribution in [-0.2, 0) is 4.74 Å². The molecule has 2 N–H and O–H groups in total. The topological polar surface area (TPSA) is 143 Å². The van der Waals surface area contributed by atoms with E-state index in [4.69, 9.17) is 26.6 Å². The predicted molar refractivity (Wildman–Crippen MR) is 181 cm³/mol. The van der Waals surface area contributed by atoms with E-state index in [9.17, 15) is 24.2 Å². The number of piperazine rings is 1. The van der Waals surface area contributed by atoms with Crippen LogP contribution >= 0.6 is 11.6 Å². The minimum Gasteiger partial charge on any atom is -0.504 e. The zero-order valence-electron chi connectivity index (χ0n) is 31.9. The maximum atomic E-state index is 15.3. The van der Waals surface area contributed by atoms with Gasteiger partial charge in [0.15, 0.2) is 17.2 Å². The number of phenolic OH excluding ortho intramolecular Hbond substituents is 1. The van der Waals surface area contributed by atoms with Gasteiger partial charge in [0.2, 0.25) is 0 Å². The molecule has 262 valence electrons. The number of aromatic hydroxyl groups is 1. The number of nitrogens with zero attached hydrogens (tertiary/aromatic N) is 6. The Balaban J connectivity index is 1.84. The second-order valence-electron chi connectivity index (χ2n) is 13.0. The molecule has 0 spiro atoms. The molecule has 15 heteroatoms. The minimum atomic E-state index is -3.51. The zero-order valence-corrected chi connectivity index (χ0v) is 28.6. The van der Waals surface area contributed by atoms with Crippen LogP contribution in [-0.4, -0.2) is 84.6 Å². The van der Waals surface area contributed by atoms with Crippen molar-refractivity contribution in [3.05, 3.63) is 63.3 Å². The number of anilines is 1. The van der Waals surface area contributed by atoms with Gasteiger partial charge in [0.25, 0.3) is 0 Å². The van der Waals surface area contributed by atoms with E-state index >= 15 is 4.39 Å². The summed E-state index contributed by atoms with van der Waals surface area (Å²) >= 11 is 6.70. The van der Waals surface area contributed by atoms with Crippen molar-refractivity contribution in [2.24, 2.45) is 0 Å². The Kier molecular flexibility index (Phi) is 8.56. The number of aliphatic hydroxyl groups is 1. The third kappa shape index (κ3) is 6.97. The molecule has 1 saturated heterocycles. The number of rotatable bonds is 7. The molecular formula is C34H39ClF2N6O6. The molecule has 1 aromatic carbocycles. The van der Waals surface area contributed by atoms with Crippen LogP contribution in [0.3, 0.4) is 0 Å². The van der Waals surface area contributed by atoms with Gasteiger partial charge in [-0.15, -0.1) is 0 Å². The summed E-state index contributed by atoms with van der Waals surface area (Å²) in [5.41, 5.74) is -3.36. The summed E-state index contributed by atoms with van der Waals surface area (Å²) in [5.74, 6) is -4.26. The normalized spacial score (nSPS) is 18.6. The molecule has 1 aliphatic heterocycles. The SMILES string of the molecule is [2H]C([2H])(O)C([2H])([2H])Oc1ccnc(C(C)C)c1-n1c(=O)nc(N2C[C@@H](C)N(C(=O)OC(C)(C)C)C[C@@H]2C)c2cc(Cl)c(-c3c(F)ccc(F)c3O)nc21. The largest absolute Gasteiger partial charge is 0.504 e. The van der Waals surface area contributed by atoms with Crippen LogP contribution in [0, 0.1) is 11.6 Å². The zero-order chi connectivity index (χ0) is 39.5. The number of benzene rings is 1. The van der Waals surface area contributed by atoms with Gasteiger partial charge in [-0.05, 0) is 58.7 Å². The Hall–Kier alpha value is -4.56. The number of hydrogen-bond donors (Lipinski definition) is 2. The molecule has 2 atom stereocenters. The van der Waals surface area contributed by atoms with E-state index in [1.165, 1.54) is 12.3 Å². The number of aromatic nitrogens is 4. The van der Waals surface area contributed by atoms with Gasteiger partial charge in [-0.1, -0.05) is 25.4 Å². The molecule has 4 aromatic rings. The van der Waals surface area contributed by atoms with Crippen LogP contribution in [0.25, 0.3) is 28.0 Å². The fourth-order valence-electron chi connectivity index (χ4n) is 5.72. The molecule has 0 saturated carbocycles. The quantitative estimate of drug-likeness (QED) is 0.242. The van der Waals surface area contributed by atoms with Gasteiger partial charge in [0.1, 0.15) is 35.2 Å². The predicted octanol–water partition coefficient (Wildman–Crippen LogP) is 5.81. The average Bonchev–Trinajstić information content (AvgIpc) is 3.02. The highest BCUT2D eigenvalue weighted by atomic mass is 35.5. The summed E-state index contributed by atoms with van der Waals surface area (Å²) in [5, 5.41) is 20.4. The first kappa shape index (κ1) is 30.5. The molecule has 0 aliphatic carbocycles. The maximum absolute atomic E-state index is 15.3. The first-order chi connectivity index (χ1) is 24.4. The first-order valence-corrected chi connectivity index (χ1v) is 15.8. The molecule has 5 rings (SSSR count). The standard InChI is InChI=1S/C34H39ClF2N6O6/c1-17(2)26-28(24(10-11-38-26)48-13-12-44)43-31-20(14-21(35)27(39-31)25-22(36)8-9-23(37)29(25)45)30(40-32(43)46)41-15-19(4)42(16-18(41)3)33(47)49-34(5,6)7/h8-11,14,17-19,44-45H,12-13,15-16H2,1-7H3/t18-,19+/m0/s1/i12D2,13D2. The van der Waals surface area contributed by atoms with Gasteiger partial charge in [-0.25, -0.2) is 27.9 Å². The lowest BCUT2D eigenvalue weighted by Crippen LogP contribution is -2.59. The Bertz CT molecular complexity index is 2150. The number of amides is 1. The Morgan fingerprint density at radius 1 is 1.14 bits per heavy atom. The summed E-state index contributed by atoms with van der Waals surface area (Å²) < 4.78 is 73.3. The van der Waals surface area contributed by atoms with Gasteiger partial charge < -0.3 is 29.5 Å². The lowest BCUT2D eigenvalue weighted by molar-refractivity contribution is 0.0130. The van der Waals surface area contributed by atoms with Gasteiger partial charge in [0, 0.05) is 37.4 Å². The Labute approximate surface area is 292 Å². The van der Waals surface area contributed by atoms with Crippen molar-refractivity contribution >= 4 is 34.5 Å². The van der Waals surface area contributed by atoms with E-state index in [0.29, 0.717) is 6.07 Å². The van der Waals surface area contributed by atoms with E-state index in [1.54, 1.807) is 58.3 Å². The van der Waals surface area contributed by atoms with Crippen molar-refractivity contribution in [3.8, 4) is 28.4 Å².